The molecule has 2 aliphatic rings. The highest BCUT2D eigenvalue weighted by atomic mass is 16.2. The average molecular weight is 292 g/mol. The van der Waals surface area contributed by atoms with Crippen LogP contribution in [0.15, 0.2) is 6.33 Å². The summed E-state index contributed by atoms with van der Waals surface area (Å²) in [6.45, 7) is 4.32. The van der Waals surface area contributed by atoms with Gasteiger partial charge >= 0.3 is 6.03 Å². The fourth-order valence-electron chi connectivity index (χ4n) is 2.96. The van der Waals surface area contributed by atoms with Crippen molar-refractivity contribution < 1.29 is 9.59 Å². The molecule has 1 unspecified atom stereocenters. The van der Waals surface area contributed by atoms with E-state index in [2.05, 4.69) is 20.7 Å². The van der Waals surface area contributed by atoms with Gasteiger partial charge in [-0.2, -0.15) is 5.10 Å². The molecule has 2 N–H and O–H groups in total. The van der Waals surface area contributed by atoms with Gasteiger partial charge in [0, 0.05) is 13.1 Å². The number of nitrogens with zero attached hydrogens (tertiary/aromatic N) is 4. The molecular formula is C13H20N6O2. The van der Waals surface area contributed by atoms with E-state index in [1.807, 2.05) is 6.92 Å². The van der Waals surface area contributed by atoms with Crippen molar-refractivity contribution in [2.24, 2.45) is 0 Å². The van der Waals surface area contributed by atoms with E-state index in [0.717, 1.165) is 25.9 Å². The zero-order valence-electron chi connectivity index (χ0n) is 12.1. The van der Waals surface area contributed by atoms with E-state index in [4.69, 9.17) is 0 Å². The Morgan fingerprint density at radius 2 is 2.29 bits per heavy atom. The molecule has 8 heteroatoms. The summed E-state index contributed by atoms with van der Waals surface area (Å²) in [5, 5.41) is 10.2. The van der Waals surface area contributed by atoms with Crippen molar-refractivity contribution in [1.29, 1.82) is 0 Å². The van der Waals surface area contributed by atoms with Crippen molar-refractivity contribution >= 4 is 11.9 Å². The van der Waals surface area contributed by atoms with Crippen LogP contribution in [0.25, 0.3) is 0 Å². The Kier molecular flexibility index (Phi) is 3.62. The molecule has 2 saturated heterocycles. The Hall–Kier alpha value is -1.96. The van der Waals surface area contributed by atoms with Crippen LogP contribution in [0.5, 0.6) is 0 Å². The average Bonchev–Trinajstić information content (AvgIpc) is 3.00. The maximum atomic E-state index is 12.6. The highest BCUT2D eigenvalue weighted by Gasteiger charge is 2.51. The van der Waals surface area contributed by atoms with E-state index in [1.165, 1.54) is 11.2 Å². The largest absolute Gasteiger partial charge is 0.325 e. The molecule has 114 valence electrons. The van der Waals surface area contributed by atoms with Crippen LogP contribution in [0.1, 0.15) is 32.0 Å². The second-order valence-electron chi connectivity index (χ2n) is 5.58. The van der Waals surface area contributed by atoms with Gasteiger partial charge in [-0.1, -0.05) is 6.92 Å². The summed E-state index contributed by atoms with van der Waals surface area (Å²) in [5.74, 6) is 0.479. The molecule has 0 aliphatic carbocycles. The van der Waals surface area contributed by atoms with Gasteiger partial charge in [0.15, 0.2) is 0 Å². The highest BCUT2D eigenvalue weighted by Crippen LogP contribution is 2.25. The van der Waals surface area contributed by atoms with Gasteiger partial charge in [-0.15, -0.1) is 0 Å². The van der Waals surface area contributed by atoms with Crippen LogP contribution in [0, 0.1) is 0 Å². The van der Waals surface area contributed by atoms with E-state index in [0.29, 0.717) is 18.8 Å². The lowest BCUT2D eigenvalue weighted by atomic mass is 9.90. The van der Waals surface area contributed by atoms with Crippen molar-refractivity contribution in [1.82, 2.24) is 30.3 Å². The predicted octanol–water partition coefficient (Wildman–Crippen LogP) is -0.138. The molecule has 1 spiro atoms. The smallest absolute Gasteiger partial charge is 0.322 e. The monoisotopic (exact) mass is 292 g/mol. The van der Waals surface area contributed by atoms with Gasteiger partial charge in [0.05, 0.1) is 6.54 Å². The quantitative estimate of drug-likeness (QED) is 0.754. The molecule has 1 aromatic rings. The molecule has 2 aliphatic heterocycles. The summed E-state index contributed by atoms with van der Waals surface area (Å²) >= 11 is 0. The number of piperidine rings is 1. The van der Waals surface area contributed by atoms with Crippen LogP contribution in [0.2, 0.25) is 0 Å². The van der Waals surface area contributed by atoms with Crippen LogP contribution in [-0.4, -0.2) is 50.2 Å². The van der Waals surface area contributed by atoms with Gasteiger partial charge in [0.1, 0.15) is 17.7 Å². The number of carbonyl (C=O) groups excluding carboxylic acids is 2. The van der Waals surface area contributed by atoms with E-state index in [1.54, 1.807) is 4.68 Å². The summed E-state index contributed by atoms with van der Waals surface area (Å²) in [5.41, 5.74) is -0.773. The third kappa shape index (κ3) is 2.39. The van der Waals surface area contributed by atoms with E-state index in [-0.39, 0.29) is 18.5 Å². The number of rotatable bonds is 4. The molecule has 3 amide bonds. The van der Waals surface area contributed by atoms with Crippen LogP contribution in [-0.2, 0) is 17.9 Å². The molecule has 1 atom stereocenters. The molecule has 0 saturated carbocycles. The van der Waals surface area contributed by atoms with Crippen molar-refractivity contribution in [2.75, 3.05) is 13.1 Å². The molecule has 1 aromatic heterocycles. The molecule has 0 aromatic carbocycles. The number of nitrogens with one attached hydrogen (secondary N) is 2. The maximum absolute atomic E-state index is 12.6. The summed E-state index contributed by atoms with van der Waals surface area (Å²) in [7, 11) is 0. The van der Waals surface area contributed by atoms with E-state index >= 15 is 0 Å². The Balaban J connectivity index is 1.78. The maximum Gasteiger partial charge on any atom is 0.325 e. The molecule has 2 fully saturated rings. The summed E-state index contributed by atoms with van der Waals surface area (Å²) < 4.78 is 1.74. The number of urea groups is 1. The lowest BCUT2D eigenvalue weighted by molar-refractivity contribution is -0.132. The Bertz CT molecular complexity index is 549. The molecule has 0 radical (unpaired) electrons. The number of amides is 3. The van der Waals surface area contributed by atoms with Crippen molar-refractivity contribution in [3.63, 3.8) is 0 Å². The number of carbonyl (C=O) groups is 2. The van der Waals surface area contributed by atoms with Gasteiger partial charge < -0.3 is 10.6 Å². The van der Waals surface area contributed by atoms with Gasteiger partial charge in [-0.25, -0.2) is 14.5 Å². The van der Waals surface area contributed by atoms with E-state index in [9.17, 15) is 9.59 Å². The van der Waals surface area contributed by atoms with Crippen molar-refractivity contribution in [3.8, 4) is 0 Å². The predicted molar refractivity (Wildman–Crippen MR) is 74.2 cm³/mol. The van der Waals surface area contributed by atoms with Gasteiger partial charge in [0.2, 0.25) is 0 Å². The normalized spacial score (nSPS) is 25.7. The SMILES string of the molecule is CCCn1ncnc1CN1C(=O)NC2(CCCNC2)C1=O. The Morgan fingerprint density at radius 1 is 1.43 bits per heavy atom. The first kappa shape index (κ1) is 14.0. The number of hydrogen-bond acceptors (Lipinski definition) is 5. The lowest BCUT2D eigenvalue weighted by Crippen LogP contribution is -2.57. The molecule has 0 bridgehead atoms. The van der Waals surface area contributed by atoms with Gasteiger partial charge in [-0.3, -0.25) is 9.69 Å². The van der Waals surface area contributed by atoms with Gasteiger partial charge in [-0.05, 0) is 25.8 Å². The second kappa shape index (κ2) is 5.44. The third-order valence-corrected chi connectivity index (χ3v) is 4.06. The number of hydrogen-bond donors (Lipinski definition) is 2. The minimum Gasteiger partial charge on any atom is -0.322 e. The van der Waals surface area contributed by atoms with Crippen LogP contribution < -0.4 is 10.6 Å². The number of aromatic nitrogens is 3. The third-order valence-electron chi connectivity index (χ3n) is 4.06. The van der Waals surface area contributed by atoms with Crippen LogP contribution in [0.4, 0.5) is 4.79 Å². The Morgan fingerprint density at radius 3 is 3.00 bits per heavy atom. The lowest BCUT2D eigenvalue weighted by Gasteiger charge is -2.31. The first-order chi connectivity index (χ1) is 10.2. The molecular weight excluding hydrogens is 272 g/mol. The van der Waals surface area contributed by atoms with Crippen LogP contribution >= 0.6 is 0 Å². The van der Waals surface area contributed by atoms with Gasteiger partial charge in [0.25, 0.3) is 5.91 Å². The Labute approximate surface area is 122 Å². The zero-order chi connectivity index (χ0) is 14.9. The molecule has 8 nitrogen and oxygen atoms in total. The first-order valence-electron chi connectivity index (χ1n) is 7.38. The molecule has 3 rings (SSSR count). The zero-order valence-corrected chi connectivity index (χ0v) is 12.1. The molecule has 3 heterocycles. The standard InChI is InChI=1S/C13H20N6O2/c1-2-6-19-10(15-9-16-19)7-18-11(20)13(17-12(18)21)4-3-5-14-8-13/h9,14H,2-8H2,1H3,(H,17,21). The number of imide groups is 1. The number of aryl methyl sites for hydroxylation is 1. The van der Waals surface area contributed by atoms with Crippen molar-refractivity contribution in [2.45, 2.75) is 44.8 Å². The van der Waals surface area contributed by atoms with E-state index < -0.39 is 5.54 Å². The fraction of sp³-hybridized carbons (Fsp3) is 0.692. The highest BCUT2D eigenvalue weighted by molar-refractivity contribution is 6.07. The summed E-state index contributed by atoms with van der Waals surface area (Å²) in [4.78, 5) is 30.2. The topological polar surface area (TPSA) is 92.2 Å². The van der Waals surface area contributed by atoms with Crippen molar-refractivity contribution in [3.05, 3.63) is 12.2 Å². The minimum atomic E-state index is -0.773. The van der Waals surface area contributed by atoms with Crippen LogP contribution in [0.3, 0.4) is 0 Å². The first-order valence-corrected chi connectivity index (χ1v) is 7.38. The summed E-state index contributed by atoms with van der Waals surface area (Å²) in [6.07, 6.45) is 3.94. The molecule has 21 heavy (non-hydrogen) atoms. The fourth-order valence-corrected chi connectivity index (χ4v) is 2.96. The second-order valence-corrected chi connectivity index (χ2v) is 5.58. The minimum absolute atomic E-state index is 0.161. The summed E-state index contributed by atoms with van der Waals surface area (Å²) in [6, 6.07) is -0.338.